The quantitative estimate of drug-likeness (QED) is 0.687. The first-order valence-corrected chi connectivity index (χ1v) is 9.16. The van der Waals surface area contributed by atoms with E-state index in [1.165, 1.54) is 0 Å². The number of carbonyl (C=O) groups excluding carboxylic acids is 1. The van der Waals surface area contributed by atoms with E-state index in [-0.39, 0.29) is 18.1 Å². The Morgan fingerprint density at radius 1 is 1.25 bits per heavy atom. The zero-order chi connectivity index (χ0) is 20.5. The molecular weight excluding hydrogens is 378 g/mol. The van der Waals surface area contributed by atoms with Gasteiger partial charge in [0.15, 0.2) is 5.82 Å². The first-order chi connectivity index (χ1) is 13.1. The van der Waals surface area contributed by atoms with Crippen LogP contribution in [0.2, 0.25) is 5.02 Å². The summed E-state index contributed by atoms with van der Waals surface area (Å²) in [5, 5.41) is 17.5. The van der Waals surface area contributed by atoms with E-state index < -0.39 is 5.60 Å². The van der Waals surface area contributed by atoms with Gasteiger partial charge < -0.3 is 10.4 Å². The van der Waals surface area contributed by atoms with Crippen molar-refractivity contribution in [1.29, 1.82) is 0 Å². The molecule has 1 aromatic carbocycles. The second kappa shape index (κ2) is 7.69. The molecule has 7 nitrogen and oxygen atoms in total. The van der Waals surface area contributed by atoms with Crippen molar-refractivity contribution < 1.29 is 9.90 Å². The van der Waals surface area contributed by atoms with Gasteiger partial charge in [-0.15, -0.1) is 0 Å². The van der Waals surface area contributed by atoms with Crippen molar-refractivity contribution >= 4 is 17.5 Å². The van der Waals surface area contributed by atoms with Crippen LogP contribution in [0, 0.1) is 6.92 Å². The van der Waals surface area contributed by atoms with Crippen molar-refractivity contribution in [3.63, 3.8) is 0 Å². The number of nitrogens with zero attached hydrogens (tertiary/aromatic N) is 4. The van der Waals surface area contributed by atoms with Gasteiger partial charge in [0.1, 0.15) is 5.69 Å². The highest BCUT2D eigenvalue weighted by Gasteiger charge is 2.19. The third kappa shape index (κ3) is 4.74. The number of halogens is 1. The van der Waals surface area contributed by atoms with Crippen LogP contribution in [0.25, 0.3) is 22.6 Å². The number of aliphatic hydroxyl groups is 1. The fourth-order valence-electron chi connectivity index (χ4n) is 2.66. The van der Waals surface area contributed by atoms with Crippen LogP contribution in [0.1, 0.15) is 30.0 Å². The van der Waals surface area contributed by atoms with Gasteiger partial charge in [-0.05, 0) is 39.0 Å². The molecule has 146 valence electrons. The summed E-state index contributed by atoms with van der Waals surface area (Å²) in [5.41, 5.74) is 2.10. The number of hydrogen-bond acceptors (Lipinski definition) is 5. The second-order valence-corrected chi connectivity index (χ2v) is 7.70. The first-order valence-electron chi connectivity index (χ1n) is 8.78. The Hall–Kier alpha value is -2.77. The van der Waals surface area contributed by atoms with Crippen molar-refractivity contribution in [3.8, 4) is 22.6 Å². The average Bonchev–Trinajstić information content (AvgIpc) is 2.97. The molecule has 1 amide bonds. The maximum absolute atomic E-state index is 12.6. The number of rotatable bonds is 5. The van der Waals surface area contributed by atoms with Crippen molar-refractivity contribution in [3.05, 3.63) is 52.9 Å². The first kappa shape index (κ1) is 20.0. The summed E-state index contributed by atoms with van der Waals surface area (Å²) in [6.07, 6.45) is 1.81. The minimum absolute atomic E-state index is 0.105. The van der Waals surface area contributed by atoms with Gasteiger partial charge in [-0.25, -0.2) is 9.97 Å². The standard InChI is InChI=1S/C20H22ClN5O2/c1-12-15(10-26(4)25-12)18-23-16(13-5-7-14(21)8-6-13)9-17(24-18)19(27)22-11-20(2,3)28/h5-10,28H,11H2,1-4H3,(H,22,27). The van der Waals surface area contributed by atoms with Crippen LogP contribution < -0.4 is 5.32 Å². The molecule has 0 spiro atoms. The minimum Gasteiger partial charge on any atom is -0.389 e. The van der Waals surface area contributed by atoms with E-state index in [9.17, 15) is 9.90 Å². The van der Waals surface area contributed by atoms with Gasteiger partial charge in [-0.2, -0.15) is 5.10 Å². The van der Waals surface area contributed by atoms with E-state index in [4.69, 9.17) is 11.6 Å². The molecule has 0 aliphatic rings. The molecule has 3 aromatic rings. The van der Waals surface area contributed by atoms with Gasteiger partial charge in [0.25, 0.3) is 5.91 Å². The van der Waals surface area contributed by atoms with E-state index in [2.05, 4.69) is 20.4 Å². The zero-order valence-electron chi connectivity index (χ0n) is 16.2. The Kier molecular flexibility index (Phi) is 5.49. The molecule has 0 saturated heterocycles. The molecule has 8 heteroatoms. The Bertz CT molecular complexity index is 1010. The molecule has 0 aliphatic heterocycles. The van der Waals surface area contributed by atoms with Crippen LogP contribution in [-0.4, -0.2) is 42.9 Å². The van der Waals surface area contributed by atoms with Gasteiger partial charge >= 0.3 is 0 Å². The number of benzene rings is 1. The summed E-state index contributed by atoms with van der Waals surface area (Å²) in [7, 11) is 1.82. The van der Waals surface area contributed by atoms with Crippen LogP contribution in [-0.2, 0) is 7.05 Å². The molecule has 0 unspecified atom stereocenters. The molecule has 2 N–H and O–H groups in total. The fraction of sp³-hybridized carbons (Fsp3) is 0.300. The van der Waals surface area contributed by atoms with E-state index in [0.717, 1.165) is 16.8 Å². The predicted molar refractivity (Wildman–Crippen MR) is 108 cm³/mol. The molecule has 0 atom stereocenters. The number of aryl methyl sites for hydroxylation is 2. The van der Waals surface area contributed by atoms with Crippen molar-refractivity contribution in [2.45, 2.75) is 26.4 Å². The Morgan fingerprint density at radius 2 is 1.93 bits per heavy atom. The van der Waals surface area contributed by atoms with Crippen molar-refractivity contribution in [2.75, 3.05) is 6.54 Å². The molecule has 0 bridgehead atoms. The lowest BCUT2D eigenvalue weighted by atomic mass is 10.1. The number of amides is 1. The Labute approximate surface area is 168 Å². The van der Waals surface area contributed by atoms with Gasteiger partial charge in [0, 0.05) is 30.4 Å². The summed E-state index contributed by atoms with van der Waals surface area (Å²) in [5.74, 6) is 0.0222. The van der Waals surface area contributed by atoms with Gasteiger partial charge in [0.05, 0.1) is 22.6 Å². The minimum atomic E-state index is -1.02. The van der Waals surface area contributed by atoms with E-state index in [1.54, 1.807) is 36.7 Å². The molecule has 0 radical (unpaired) electrons. The fourth-order valence-corrected chi connectivity index (χ4v) is 2.78. The summed E-state index contributed by atoms with van der Waals surface area (Å²) in [6, 6.07) is 8.83. The normalized spacial score (nSPS) is 11.5. The molecule has 0 aliphatic carbocycles. The van der Waals surface area contributed by atoms with E-state index in [0.29, 0.717) is 16.5 Å². The van der Waals surface area contributed by atoms with Gasteiger partial charge in [0.2, 0.25) is 0 Å². The van der Waals surface area contributed by atoms with Crippen molar-refractivity contribution in [2.24, 2.45) is 7.05 Å². The van der Waals surface area contributed by atoms with Crippen LogP contribution in [0.3, 0.4) is 0 Å². The highest BCUT2D eigenvalue weighted by atomic mass is 35.5. The summed E-state index contributed by atoms with van der Waals surface area (Å²) in [4.78, 5) is 21.7. The molecule has 0 fully saturated rings. The van der Waals surface area contributed by atoms with Gasteiger partial charge in [-0.1, -0.05) is 23.7 Å². The Morgan fingerprint density at radius 3 is 2.50 bits per heavy atom. The lowest BCUT2D eigenvalue weighted by Gasteiger charge is -2.17. The summed E-state index contributed by atoms with van der Waals surface area (Å²) >= 11 is 5.98. The third-order valence-corrected chi connectivity index (χ3v) is 4.29. The second-order valence-electron chi connectivity index (χ2n) is 7.27. The monoisotopic (exact) mass is 399 g/mol. The topological polar surface area (TPSA) is 92.9 Å². The molecule has 3 rings (SSSR count). The zero-order valence-corrected chi connectivity index (χ0v) is 16.9. The number of aromatic nitrogens is 4. The maximum Gasteiger partial charge on any atom is 0.270 e. The van der Waals surface area contributed by atoms with Crippen LogP contribution in [0.4, 0.5) is 0 Å². The summed E-state index contributed by atoms with van der Waals surface area (Å²) in [6.45, 7) is 5.21. The smallest absolute Gasteiger partial charge is 0.270 e. The molecule has 28 heavy (non-hydrogen) atoms. The Balaban J connectivity index is 2.07. The molecule has 2 heterocycles. The van der Waals surface area contributed by atoms with E-state index in [1.807, 2.05) is 32.3 Å². The number of carbonyl (C=O) groups is 1. The maximum atomic E-state index is 12.6. The molecule has 0 saturated carbocycles. The van der Waals surface area contributed by atoms with Gasteiger partial charge in [-0.3, -0.25) is 9.48 Å². The molecular formula is C20H22ClN5O2. The lowest BCUT2D eigenvalue weighted by Crippen LogP contribution is -2.38. The van der Waals surface area contributed by atoms with E-state index >= 15 is 0 Å². The highest BCUT2D eigenvalue weighted by molar-refractivity contribution is 6.30. The predicted octanol–water partition coefficient (Wildman–Crippen LogP) is 3.01. The van der Waals surface area contributed by atoms with Crippen molar-refractivity contribution in [1.82, 2.24) is 25.1 Å². The molecule has 2 aromatic heterocycles. The van der Waals surface area contributed by atoms with Crippen LogP contribution >= 0.6 is 11.6 Å². The summed E-state index contributed by atoms with van der Waals surface area (Å²) < 4.78 is 1.68. The lowest BCUT2D eigenvalue weighted by molar-refractivity contribution is 0.0692. The average molecular weight is 400 g/mol. The van der Waals surface area contributed by atoms with Crippen LogP contribution in [0.5, 0.6) is 0 Å². The largest absolute Gasteiger partial charge is 0.389 e. The highest BCUT2D eigenvalue weighted by Crippen LogP contribution is 2.25. The third-order valence-electron chi connectivity index (χ3n) is 4.03. The van der Waals surface area contributed by atoms with Crippen LogP contribution in [0.15, 0.2) is 36.5 Å². The number of hydrogen-bond donors (Lipinski definition) is 2. The number of nitrogens with one attached hydrogen (secondary N) is 1. The SMILES string of the molecule is Cc1nn(C)cc1-c1nc(C(=O)NCC(C)(C)O)cc(-c2ccc(Cl)cc2)n1.